The largest absolute Gasteiger partial charge is 0.478 e. The molecule has 0 unspecified atom stereocenters. The number of ketones is 1. The number of ether oxygens (including phenoxy) is 1. The van der Waals surface area contributed by atoms with Crippen LogP contribution in [0.3, 0.4) is 0 Å². The summed E-state index contributed by atoms with van der Waals surface area (Å²) in [5, 5.41) is 16.0. The average Bonchev–Trinajstić information content (AvgIpc) is 3.51. The van der Waals surface area contributed by atoms with Gasteiger partial charge < -0.3 is 15.2 Å². The molecule has 1 aromatic heterocycles. The zero-order valence-electron chi connectivity index (χ0n) is 17.8. The van der Waals surface area contributed by atoms with Crippen molar-refractivity contribution in [1.82, 2.24) is 15.1 Å². The number of alkyl halides is 3. The van der Waals surface area contributed by atoms with Crippen molar-refractivity contribution in [1.29, 1.82) is 0 Å². The second kappa shape index (κ2) is 8.77. The molecule has 1 fully saturated rings. The number of hydrogen-bond donors (Lipinski definition) is 2. The second-order valence-electron chi connectivity index (χ2n) is 7.95. The Kier molecular flexibility index (Phi) is 6.13. The number of carboxylic acid groups (broad SMARTS) is 1. The fourth-order valence-electron chi connectivity index (χ4n) is 3.65. The van der Waals surface area contributed by atoms with E-state index in [0.717, 1.165) is 10.2 Å². The van der Waals surface area contributed by atoms with Crippen LogP contribution >= 0.6 is 11.6 Å². The molecule has 0 aliphatic heterocycles. The highest BCUT2D eigenvalue weighted by Crippen LogP contribution is 2.45. The Bertz CT molecular complexity index is 1230. The first-order chi connectivity index (χ1) is 16.0. The minimum Gasteiger partial charge on any atom is -0.478 e. The Balaban J connectivity index is 1.59. The highest BCUT2D eigenvalue weighted by atomic mass is 35.5. The maximum absolute atomic E-state index is 13.7. The summed E-state index contributed by atoms with van der Waals surface area (Å²) in [5.41, 5.74) is -1.74. The van der Waals surface area contributed by atoms with Crippen LogP contribution in [0.2, 0.25) is 5.02 Å². The lowest BCUT2D eigenvalue weighted by Crippen LogP contribution is -2.34. The number of halogens is 4. The van der Waals surface area contributed by atoms with Gasteiger partial charge in [-0.1, -0.05) is 23.7 Å². The maximum atomic E-state index is 13.7. The molecule has 1 saturated carbocycles. The van der Waals surface area contributed by atoms with E-state index in [0.29, 0.717) is 17.9 Å². The van der Waals surface area contributed by atoms with Gasteiger partial charge in [0.1, 0.15) is 11.3 Å². The number of aryl methyl sites for hydroxylation is 1. The Morgan fingerprint density at radius 1 is 1.15 bits per heavy atom. The van der Waals surface area contributed by atoms with Gasteiger partial charge in [-0.25, -0.2) is 9.48 Å². The number of benzene rings is 2. The normalized spacial score (nSPS) is 14.6. The summed E-state index contributed by atoms with van der Waals surface area (Å²) in [6, 6.07) is 12.1. The van der Waals surface area contributed by atoms with Gasteiger partial charge in [0.25, 0.3) is 0 Å². The zero-order chi connectivity index (χ0) is 24.7. The van der Waals surface area contributed by atoms with Crippen LogP contribution in [0, 0.1) is 0 Å². The first kappa shape index (κ1) is 23.8. The minimum absolute atomic E-state index is 0.116. The molecule has 178 valence electrons. The summed E-state index contributed by atoms with van der Waals surface area (Å²) in [6.45, 7) is -0.396. The Morgan fingerprint density at radius 2 is 1.76 bits per heavy atom. The van der Waals surface area contributed by atoms with Gasteiger partial charge in [0.05, 0.1) is 12.1 Å². The van der Waals surface area contributed by atoms with Gasteiger partial charge in [0, 0.05) is 17.6 Å². The molecule has 34 heavy (non-hydrogen) atoms. The van der Waals surface area contributed by atoms with Crippen LogP contribution in [0.5, 0.6) is 11.6 Å². The van der Waals surface area contributed by atoms with Crippen LogP contribution in [0.1, 0.15) is 44.8 Å². The molecular weight excluding hydrogens is 475 g/mol. The van der Waals surface area contributed by atoms with Crippen LogP contribution < -0.4 is 10.1 Å². The smallest absolute Gasteiger partial charge is 0.436 e. The first-order valence-electron chi connectivity index (χ1n) is 10.2. The molecule has 0 radical (unpaired) electrons. The number of nitrogens with zero attached hydrogens (tertiary/aromatic N) is 2. The number of aromatic carboxylic acids is 1. The van der Waals surface area contributed by atoms with Crippen molar-refractivity contribution in [2.45, 2.75) is 24.6 Å². The van der Waals surface area contributed by atoms with Gasteiger partial charge in [0.15, 0.2) is 11.5 Å². The minimum atomic E-state index is -4.87. The molecule has 2 N–H and O–H groups in total. The van der Waals surface area contributed by atoms with Crippen molar-refractivity contribution in [2.75, 3.05) is 6.54 Å². The molecule has 4 rings (SSSR count). The number of carbonyl (C=O) groups is 2. The maximum Gasteiger partial charge on any atom is 0.436 e. The SMILES string of the molecule is Cn1nc(C(F)(F)F)c(C(=O)CNC2(c3ccc(C(=O)O)cc3)CC2)c1Oc1ccc(Cl)cc1. The van der Waals surface area contributed by atoms with Crippen molar-refractivity contribution in [3.63, 3.8) is 0 Å². The summed E-state index contributed by atoms with van der Waals surface area (Å²) < 4.78 is 47.5. The predicted octanol–water partition coefficient (Wildman–Crippen LogP) is 5.04. The second-order valence-corrected chi connectivity index (χ2v) is 8.38. The zero-order valence-corrected chi connectivity index (χ0v) is 18.6. The van der Waals surface area contributed by atoms with E-state index in [4.69, 9.17) is 21.4 Å². The number of hydrogen-bond acceptors (Lipinski definition) is 5. The van der Waals surface area contributed by atoms with Gasteiger partial charge in [-0.3, -0.25) is 4.79 Å². The number of carboxylic acids is 1. The topological polar surface area (TPSA) is 93.5 Å². The molecule has 11 heteroatoms. The van der Waals surface area contributed by atoms with Gasteiger partial charge in [-0.05, 0) is 54.8 Å². The van der Waals surface area contributed by atoms with E-state index in [1.54, 1.807) is 12.1 Å². The van der Waals surface area contributed by atoms with Gasteiger partial charge in [-0.15, -0.1) is 0 Å². The van der Waals surface area contributed by atoms with Crippen molar-refractivity contribution in [3.05, 3.63) is 75.9 Å². The summed E-state index contributed by atoms with van der Waals surface area (Å²) in [4.78, 5) is 24.1. The molecule has 0 spiro atoms. The van der Waals surface area contributed by atoms with E-state index in [2.05, 4.69) is 10.4 Å². The monoisotopic (exact) mass is 493 g/mol. The van der Waals surface area contributed by atoms with E-state index in [9.17, 15) is 22.8 Å². The predicted molar refractivity (Wildman–Crippen MR) is 116 cm³/mol. The van der Waals surface area contributed by atoms with Gasteiger partial charge >= 0.3 is 12.1 Å². The first-order valence-corrected chi connectivity index (χ1v) is 10.6. The van der Waals surface area contributed by atoms with Crippen LogP contribution in [0.4, 0.5) is 13.2 Å². The lowest BCUT2D eigenvalue weighted by atomic mass is 10.0. The third-order valence-electron chi connectivity index (χ3n) is 5.59. The molecule has 0 amide bonds. The molecule has 1 heterocycles. The highest BCUT2D eigenvalue weighted by molar-refractivity contribution is 6.30. The van der Waals surface area contributed by atoms with Crippen LogP contribution in [-0.4, -0.2) is 33.2 Å². The lowest BCUT2D eigenvalue weighted by Gasteiger charge is -2.18. The van der Waals surface area contributed by atoms with Crippen molar-refractivity contribution in [3.8, 4) is 11.6 Å². The van der Waals surface area contributed by atoms with Crippen molar-refractivity contribution < 1.29 is 32.6 Å². The van der Waals surface area contributed by atoms with E-state index in [1.807, 2.05) is 0 Å². The number of aromatic nitrogens is 2. The van der Waals surface area contributed by atoms with E-state index < -0.39 is 41.3 Å². The lowest BCUT2D eigenvalue weighted by molar-refractivity contribution is -0.141. The summed E-state index contributed by atoms with van der Waals surface area (Å²) >= 11 is 5.84. The molecule has 1 aliphatic carbocycles. The highest BCUT2D eigenvalue weighted by Gasteiger charge is 2.46. The van der Waals surface area contributed by atoms with E-state index >= 15 is 0 Å². The van der Waals surface area contributed by atoms with Crippen molar-refractivity contribution >= 4 is 23.4 Å². The third kappa shape index (κ3) is 4.78. The summed E-state index contributed by atoms with van der Waals surface area (Å²) in [5.74, 6) is -2.04. The fourth-order valence-corrected chi connectivity index (χ4v) is 3.78. The molecule has 0 atom stereocenters. The van der Waals surface area contributed by atoms with Crippen LogP contribution in [0.15, 0.2) is 48.5 Å². The third-order valence-corrected chi connectivity index (χ3v) is 5.84. The van der Waals surface area contributed by atoms with Gasteiger partial charge in [-0.2, -0.15) is 18.3 Å². The van der Waals surface area contributed by atoms with Gasteiger partial charge in [0.2, 0.25) is 5.88 Å². The van der Waals surface area contributed by atoms with Crippen molar-refractivity contribution in [2.24, 2.45) is 7.05 Å². The van der Waals surface area contributed by atoms with E-state index in [1.165, 1.54) is 43.4 Å². The van der Waals surface area contributed by atoms with Crippen LogP contribution in [-0.2, 0) is 18.8 Å². The summed E-state index contributed by atoms with van der Waals surface area (Å²) in [6.07, 6.45) is -3.56. The van der Waals surface area contributed by atoms with E-state index in [-0.39, 0.29) is 17.2 Å². The standard InChI is InChI=1S/C23H19ClF3N3O4/c1-30-20(34-16-8-6-15(24)7-9-16)18(19(29-30)23(25,26)27)17(31)12-28-22(10-11-22)14-4-2-13(3-5-14)21(32)33/h2-9,28H,10-12H2,1H3,(H,32,33). The molecule has 0 bridgehead atoms. The number of Topliss-reactive ketones (excluding diaryl/α,β-unsaturated/α-hetero) is 1. The van der Waals surface area contributed by atoms with Crippen LogP contribution in [0.25, 0.3) is 0 Å². The molecule has 2 aromatic carbocycles. The Morgan fingerprint density at radius 3 is 2.29 bits per heavy atom. The Labute approximate surface area is 197 Å². The molecule has 1 aliphatic rings. The molecular formula is C23H19ClF3N3O4. The average molecular weight is 494 g/mol. The fraction of sp³-hybridized carbons (Fsp3) is 0.261. The summed E-state index contributed by atoms with van der Waals surface area (Å²) in [7, 11) is 1.26. The molecule has 0 saturated heterocycles. The quantitative estimate of drug-likeness (QED) is 0.427. The Hall–Kier alpha value is -3.37. The number of rotatable bonds is 8. The molecule has 7 nitrogen and oxygen atoms in total. The number of carbonyl (C=O) groups excluding carboxylic acids is 1. The number of nitrogens with one attached hydrogen (secondary N) is 1. The molecule has 3 aromatic rings.